The van der Waals surface area contributed by atoms with Crippen LogP contribution in [0.5, 0.6) is 0 Å². The second-order valence-corrected chi connectivity index (χ2v) is 5.37. The Morgan fingerprint density at radius 3 is 1.85 bits per heavy atom. The van der Waals surface area contributed by atoms with E-state index in [1.165, 1.54) is 38.5 Å². The van der Waals surface area contributed by atoms with Gasteiger partial charge < -0.3 is 9.84 Å². The Balaban J connectivity index is 1.83. The summed E-state index contributed by atoms with van der Waals surface area (Å²) in [7, 11) is 0. The van der Waals surface area contributed by atoms with E-state index in [1.54, 1.807) is 0 Å². The summed E-state index contributed by atoms with van der Waals surface area (Å²) in [6, 6.07) is 0. The minimum absolute atomic E-state index is 0.0772. The van der Waals surface area contributed by atoms with Crippen LogP contribution in [0, 0.1) is 17.8 Å². The molecular weight excluding hydrogens is 164 g/mol. The van der Waals surface area contributed by atoms with E-state index in [0.29, 0.717) is 0 Å². The fraction of sp³-hybridized carbons (Fsp3) is 1.00. The summed E-state index contributed by atoms with van der Waals surface area (Å²) in [4.78, 5) is 0. The summed E-state index contributed by atoms with van der Waals surface area (Å²) in [6.07, 6.45) is 7.98. The molecule has 0 unspecified atom stereocenters. The highest BCUT2D eigenvalue weighted by Crippen LogP contribution is 2.56. The Labute approximate surface area is 79.3 Å². The molecule has 2 heteroatoms. The third-order valence-electron chi connectivity index (χ3n) is 4.35. The zero-order chi connectivity index (χ0) is 8.89. The molecule has 4 saturated carbocycles. The van der Waals surface area contributed by atoms with E-state index in [2.05, 4.69) is 0 Å². The van der Waals surface area contributed by atoms with Crippen LogP contribution in [0.3, 0.4) is 0 Å². The molecule has 0 saturated heterocycles. The minimum Gasteiger partial charge on any atom is -0.371 e. The molecule has 0 amide bonds. The third kappa shape index (κ3) is 1.23. The average molecular weight is 182 g/mol. The van der Waals surface area contributed by atoms with Crippen molar-refractivity contribution in [3.05, 3.63) is 0 Å². The highest BCUT2D eigenvalue weighted by atomic mass is 16.6. The maximum Gasteiger partial charge on any atom is 0.144 e. The second-order valence-electron chi connectivity index (χ2n) is 5.37. The first-order chi connectivity index (χ1) is 6.30. The lowest BCUT2D eigenvalue weighted by molar-refractivity contribution is -0.196. The van der Waals surface area contributed by atoms with Crippen molar-refractivity contribution in [1.82, 2.24) is 0 Å². The Kier molecular flexibility index (Phi) is 1.72. The average Bonchev–Trinajstić information content (AvgIpc) is 2.00. The third-order valence-corrected chi connectivity index (χ3v) is 4.35. The first-order valence-corrected chi connectivity index (χ1v) is 5.54. The second kappa shape index (κ2) is 2.71. The van der Waals surface area contributed by atoms with Crippen LogP contribution in [0.4, 0.5) is 0 Å². The summed E-state index contributed by atoms with van der Waals surface area (Å²) in [5.74, 6) is 2.74. The monoisotopic (exact) mass is 182 g/mol. The first-order valence-electron chi connectivity index (χ1n) is 5.54. The molecule has 0 aromatic heterocycles. The highest BCUT2D eigenvalue weighted by Gasteiger charge is 2.51. The molecule has 74 valence electrons. The van der Waals surface area contributed by atoms with Crippen LogP contribution >= 0.6 is 0 Å². The molecule has 0 atom stereocenters. The number of hydrogen-bond acceptors (Lipinski definition) is 2. The van der Waals surface area contributed by atoms with Crippen LogP contribution in [-0.2, 0) is 4.74 Å². The molecule has 4 fully saturated rings. The van der Waals surface area contributed by atoms with Gasteiger partial charge >= 0.3 is 0 Å². The number of ether oxygens (including phenoxy) is 1. The molecule has 0 aliphatic heterocycles. The molecule has 0 spiro atoms. The molecule has 0 heterocycles. The zero-order valence-corrected chi connectivity index (χ0v) is 8.04. The van der Waals surface area contributed by atoms with Crippen LogP contribution in [0.1, 0.15) is 38.5 Å². The first kappa shape index (κ1) is 8.25. The van der Waals surface area contributed by atoms with E-state index < -0.39 is 0 Å². The Morgan fingerprint density at radius 1 is 1.00 bits per heavy atom. The van der Waals surface area contributed by atoms with E-state index in [1.807, 2.05) is 0 Å². The predicted octanol–water partition coefficient (Wildman–Crippen LogP) is 1.92. The van der Waals surface area contributed by atoms with Gasteiger partial charge in [0.2, 0.25) is 0 Å². The highest BCUT2D eigenvalue weighted by molar-refractivity contribution is 5.02. The van der Waals surface area contributed by atoms with Crippen molar-refractivity contribution in [3.63, 3.8) is 0 Å². The van der Waals surface area contributed by atoms with E-state index in [-0.39, 0.29) is 12.4 Å². The Bertz CT molecular complexity index is 177. The molecule has 1 N–H and O–H groups in total. The number of aliphatic hydroxyl groups is 1. The molecule has 2 nitrogen and oxygen atoms in total. The van der Waals surface area contributed by atoms with Gasteiger partial charge in [-0.2, -0.15) is 0 Å². The Hall–Kier alpha value is -0.0800. The fourth-order valence-electron chi connectivity index (χ4n) is 4.34. The zero-order valence-electron chi connectivity index (χ0n) is 8.04. The van der Waals surface area contributed by atoms with Crippen LogP contribution in [-0.4, -0.2) is 17.5 Å². The number of aliphatic hydroxyl groups excluding tert-OH is 1. The van der Waals surface area contributed by atoms with Crippen molar-refractivity contribution in [3.8, 4) is 0 Å². The lowest BCUT2D eigenvalue weighted by Crippen LogP contribution is -2.52. The van der Waals surface area contributed by atoms with Gasteiger partial charge in [0.25, 0.3) is 0 Å². The van der Waals surface area contributed by atoms with Gasteiger partial charge in [-0.05, 0) is 56.3 Å². The van der Waals surface area contributed by atoms with Gasteiger partial charge in [0.15, 0.2) is 0 Å². The lowest BCUT2D eigenvalue weighted by atomic mass is 9.54. The molecule has 13 heavy (non-hydrogen) atoms. The fourth-order valence-corrected chi connectivity index (χ4v) is 4.34. The van der Waals surface area contributed by atoms with Gasteiger partial charge in [-0.3, -0.25) is 0 Å². The molecule has 4 bridgehead atoms. The molecule has 4 aliphatic rings. The van der Waals surface area contributed by atoms with E-state index in [4.69, 9.17) is 9.84 Å². The molecule has 0 aromatic rings. The maximum absolute atomic E-state index is 8.90. The van der Waals surface area contributed by atoms with E-state index in [9.17, 15) is 0 Å². The smallest absolute Gasteiger partial charge is 0.144 e. The summed E-state index contributed by atoms with van der Waals surface area (Å²) >= 11 is 0. The van der Waals surface area contributed by atoms with E-state index in [0.717, 1.165) is 17.8 Å². The molecular formula is C11H18O2. The maximum atomic E-state index is 8.90. The van der Waals surface area contributed by atoms with Gasteiger partial charge in [-0.15, -0.1) is 0 Å². The van der Waals surface area contributed by atoms with Gasteiger partial charge in [0.1, 0.15) is 6.79 Å². The number of hydrogen-bond donors (Lipinski definition) is 1. The van der Waals surface area contributed by atoms with Crippen LogP contribution in [0.25, 0.3) is 0 Å². The molecule has 4 aliphatic carbocycles. The van der Waals surface area contributed by atoms with Crippen molar-refractivity contribution in [2.24, 2.45) is 17.8 Å². The van der Waals surface area contributed by atoms with Crippen molar-refractivity contribution in [2.45, 2.75) is 44.1 Å². The van der Waals surface area contributed by atoms with Crippen molar-refractivity contribution in [2.75, 3.05) is 6.79 Å². The Morgan fingerprint density at radius 2 is 1.46 bits per heavy atom. The van der Waals surface area contributed by atoms with Crippen molar-refractivity contribution < 1.29 is 9.84 Å². The van der Waals surface area contributed by atoms with Crippen LogP contribution in [0.15, 0.2) is 0 Å². The molecule has 4 rings (SSSR count). The van der Waals surface area contributed by atoms with Gasteiger partial charge in [-0.25, -0.2) is 0 Å². The van der Waals surface area contributed by atoms with Crippen molar-refractivity contribution in [1.29, 1.82) is 0 Å². The number of rotatable bonds is 2. The minimum atomic E-state index is -0.0772. The van der Waals surface area contributed by atoms with Gasteiger partial charge in [0.05, 0.1) is 5.60 Å². The van der Waals surface area contributed by atoms with Gasteiger partial charge in [0, 0.05) is 0 Å². The molecule has 0 aromatic carbocycles. The van der Waals surface area contributed by atoms with Crippen molar-refractivity contribution >= 4 is 0 Å². The van der Waals surface area contributed by atoms with Crippen LogP contribution in [0.2, 0.25) is 0 Å². The SMILES string of the molecule is OCOC12CC3CC(CC(C3)C1)C2. The predicted molar refractivity (Wildman–Crippen MR) is 49.1 cm³/mol. The standard InChI is InChI=1S/C11H18O2/c12-7-13-11-4-8-1-9(5-11)3-10(2-8)6-11/h8-10,12H,1-7H2. The summed E-state index contributed by atoms with van der Waals surface area (Å²) < 4.78 is 5.60. The summed E-state index contributed by atoms with van der Waals surface area (Å²) in [5, 5.41) is 8.90. The summed E-state index contributed by atoms with van der Waals surface area (Å²) in [5.41, 5.74) is 0.101. The van der Waals surface area contributed by atoms with E-state index >= 15 is 0 Å². The topological polar surface area (TPSA) is 29.5 Å². The largest absolute Gasteiger partial charge is 0.371 e. The van der Waals surface area contributed by atoms with Crippen LogP contribution < -0.4 is 0 Å². The lowest BCUT2D eigenvalue weighted by Gasteiger charge is -2.56. The summed E-state index contributed by atoms with van der Waals surface area (Å²) in [6.45, 7) is -0.0772. The quantitative estimate of drug-likeness (QED) is 0.661. The molecule has 0 radical (unpaired) electrons. The normalized spacial score (nSPS) is 52.8. The van der Waals surface area contributed by atoms with Gasteiger partial charge in [-0.1, -0.05) is 0 Å².